The van der Waals surface area contributed by atoms with Gasteiger partial charge in [0.2, 0.25) is 0 Å². The van der Waals surface area contributed by atoms with E-state index in [1.807, 2.05) is 44.7 Å². The number of piperidine rings is 1. The number of anilines is 2. The van der Waals surface area contributed by atoms with Gasteiger partial charge >= 0.3 is 6.09 Å². The zero-order valence-electron chi connectivity index (χ0n) is 24.9. The monoisotopic (exact) mass is 578 g/mol. The summed E-state index contributed by atoms with van der Waals surface area (Å²) < 4.78 is 9.04. The van der Waals surface area contributed by atoms with Crippen LogP contribution in [0.15, 0.2) is 47.8 Å². The van der Waals surface area contributed by atoms with Crippen molar-refractivity contribution in [2.75, 3.05) is 43.0 Å². The molecule has 42 heavy (non-hydrogen) atoms. The average molecular weight is 579 g/mol. The third-order valence-electron chi connectivity index (χ3n) is 7.68. The molecule has 3 aromatic rings. The van der Waals surface area contributed by atoms with Crippen LogP contribution in [-0.4, -0.2) is 85.1 Å². The van der Waals surface area contributed by atoms with Crippen molar-refractivity contribution in [2.45, 2.75) is 71.2 Å². The molecule has 5 rings (SSSR count). The molecule has 0 aromatic carbocycles. The van der Waals surface area contributed by atoms with Crippen molar-refractivity contribution in [3.05, 3.63) is 53.3 Å². The van der Waals surface area contributed by atoms with Gasteiger partial charge in [0.15, 0.2) is 0 Å². The Morgan fingerprint density at radius 2 is 2.05 bits per heavy atom. The molecule has 0 radical (unpaired) electrons. The molecule has 2 N–H and O–H groups in total. The summed E-state index contributed by atoms with van der Waals surface area (Å²) in [6, 6.07) is 5.55. The van der Waals surface area contributed by atoms with Gasteiger partial charge < -0.3 is 25.0 Å². The Morgan fingerprint density at radius 3 is 2.76 bits per heavy atom. The lowest BCUT2D eigenvalue weighted by atomic mass is 10.0. The number of amides is 1. The number of carbonyl (C=O) groups excluding carboxylic acids is 1. The van der Waals surface area contributed by atoms with Crippen LogP contribution < -0.4 is 15.8 Å². The molecule has 1 amide bonds. The Bertz CT molecular complexity index is 1430. The minimum absolute atomic E-state index is 0.0226. The van der Waals surface area contributed by atoms with Crippen LogP contribution in [0.2, 0.25) is 0 Å². The van der Waals surface area contributed by atoms with Crippen LogP contribution in [0.1, 0.15) is 59.5 Å². The van der Waals surface area contributed by atoms with Gasteiger partial charge in [0.1, 0.15) is 17.5 Å². The highest BCUT2D eigenvalue weighted by atomic mass is 16.6. The molecule has 2 aliphatic rings. The van der Waals surface area contributed by atoms with Gasteiger partial charge in [-0.05, 0) is 71.4 Å². The molecule has 12 heteroatoms. The fourth-order valence-corrected chi connectivity index (χ4v) is 5.30. The van der Waals surface area contributed by atoms with E-state index in [-0.39, 0.29) is 24.3 Å². The first-order valence-corrected chi connectivity index (χ1v) is 14.8. The SMILES string of the molecule is CC(n1cc(-c2cncc(NCCO)c2)nn1)n1ccc(N2CCC[C@@H](N(CC3CC3)C(=O)OC(C)(C)C)C2)cc1=O. The average Bonchev–Trinajstić information content (AvgIpc) is 3.65. The Hall–Kier alpha value is -3.93. The van der Waals surface area contributed by atoms with E-state index in [1.165, 1.54) is 0 Å². The number of aliphatic hydroxyl groups excluding tert-OH is 1. The van der Waals surface area contributed by atoms with Crippen LogP contribution in [0, 0.1) is 5.92 Å². The van der Waals surface area contributed by atoms with Gasteiger partial charge in [-0.2, -0.15) is 0 Å². The lowest BCUT2D eigenvalue weighted by Gasteiger charge is -2.40. The summed E-state index contributed by atoms with van der Waals surface area (Å²) >= 11 is 0. The third kappa shape index (κ3) is 7.28. The number of rotatable bonds is 10. The number of pyridine rings is 2. The Labute approximate surface area is 246 Å². The normalized spacial score (nSPS) is 18.0. The number of carbonyl (C=O) groups is 1. The molecule has 0 spiro atoms. The minimum atomic E-state index is -0.544. The predicted octanol–water partition coefficient (Wildman–Crippen LogP) is 3.59. The lowest BCUT2D eigenvalue weighted by molar-refractivity contribution is 0.0134. The van der Waals surface area contributed by atoms with E-state index >= 15 is 0 Å². The van der Waals surface area contributed by atoms with Gasteiger partial charge in [-0.15, -0.1) is 5.10 Å². The Balaban J connectivity index is 1.28. The fourth-order valence-electron chi connectivity index (χ4n) is 5.30. The third-order valence-corrected chi connectivity index (χ3v) is 7.68. The van der Waals surface area contributed by atoms with Crippen molar-refractivity contribution >= 4 is 17.5 Å². The second-order valence-corrected chi connectivity index (χ2v) is 12.3. The summed E-state index contributed by atoms with van der Waals surface area (Å²) in [4.78, 5) is 34.8. The van der Waals surface area contributed by atoms with Gasteiger partial charge in [-0.3, -0.25) is 14.3 Å². The molecule has 12 nitrogen and oxygen atoms in total. The zero-order chi connectivity index (χ0) is 29.9. The standard InChI is InChI=1S/C30H42N8O4/c1-21(38-20-27(33-34-38)23-14-24(17-31-16-23)32-10-13-39)36-12-9-25(15-28(36)40)35-11-5-6-26(19-35)37(18-22-7-8-22)29(41)42-30(2,3)4/h9,12,14-17,20-22,26,32,39H,5-8,10-11,13,18-19H2,1-4H3/t21?,26-/m1/s1. The molecule has 0 bridgehead atoms. The number of hydrogen-bond donors (Lipinski definition) is 2. The minimum Gasteiger partial charge on any atom is -0.444 e. The van der Waals surface area contributed by atoms with E-state index < -0.39 is 11.8 Å². The van der Waals surface area contributed by atoms with Crippen LogP contribution in [0.4, 0.5) is 16.2 Å². The number of aliphatic hydroxyl groups is 1. The first-order chi connectivity index (χ1) is 20.1. The van der Waals surface area contributed by atoms with E-state index in [2.05, 4.69) is 25.5 Å². The van der Waals surface area contributed by atoms with Crippen molar-refractivity contribution in [3.8, 4) is 11.3 Å². The van der Waals surface area contributed by atoms with Crippen molar-refractivity contribution in [1.29, 1.82) is 0 Å². The lowest BCUT2D eigenvalue weighted by Crippen LogP contribution is -2.52. The van der Waals surface area contributed by atoms with Crippen molar-refractivity contribution < 1.29 is 14.6 Å². The summed E-state index contributed by atoms with van der Waals surface area (Å²) in [6.07, 6.45) is 10.5. The second kappa shape index (κ2) is 12.5. The van der Waals surface area contributed by atoms with Crippen molar-refractivity contribution in [3.63, 3.8) is 0 Å². The molecular weight excluding hydrogens is 536 g/mol. The first-order valence-electron chi connectivity index (χ1n) is 14.8. The van der Waals surface area contributed by atoms with Crippen LogP contribution >= 0.6 is 0 Å². The second-order valence-electron chi connectivity index (χ2n) is 12.3. The highest BCUT2D eigenvalue weighted by Gasteiger charge is 2.36. The topological polar surface area (TPSA) is 131 Å². The van der Waals surface area contributed by atoms with Gasteiger partial charge in [-0.1, -0.05) is 5.21 Å². The van der Waals surface area contributed by atoms with Gasteiger partial charge in [0, 0.05) is 62.1 Å². The highest BCUT2D eigenvalue weighted by Crippen LogP contribution is 2.32. The van der Waals surface area contributed by atoms with Crippen LogP contribution in [-0.2, 0) is 4.74 Å². The molecule has 1 aliphatic heterocycles. The summed E-state index contributed by atoms with van der Waals surface area (Å²) in [5.74, 6) is 0.554. The molecule has 1 unspecified atom stereocenters. The number of aromatic nitrogens is 5. The van der Waals surface area contributed by atoms with Crippen LogP contribution in [0.5, 0.6) is 0 Å². The maximum absolute atomic E-state index is 13.3. The molecule has 1 saturated carbocycles. The fraction of sp³-hybridized carbons (Fsp3) is 0.567. The maximum Gasteiger partial charge on any atom is 0.410 e. The molecule has 3 aromatic heterocycles. The van der Waals surface area contributed by atoms with Gasteiger partial charge in [-0.25, -0.2) is 9.48 Å². The molecule has 4 heterocycles. The van der Waals surface area contributed by atoms with Crippen molar-refractivity contribution in [2.24, 2.45) is 5.92 Å². The molecule has 226 valence electrons. The van der Waals surface area contributed by atoms with Crippen LogP contribution in [0.25, 0.3) is 11.3 Å². The Morgan fingerprint density at radius 1 is 1.24 bits per heavy atom. The summed E-state index contributed by atoms with van der Waals surface area (Å²) in [5, 5.41) is 20.7. The van der Waals surface area contributed by atoms with E-state index in [1.54, 1.807) is 40.1 Å². The van der Waals surface area contributed by atoms with E-state index in [0.29, 0.717) is 24.7 Å². The summed E-state index contributed by atoms with van der Waals surface area (Å²) in [6.45, 7) is 10.3. The number of nitrogens with one attached hydrogen (secondary N) is 1. The molecule has 2 fully saturated rings. The smallest absolute Gasteiger partial charge is 0.410 e. The first kappa shape index (κ1) is 29.6. The van der Waals surface area contributed by atoms with E-state index in [4.69, 9.17) is 9.84 Å². The number of ether oxygens (including phenoxy) is 1. The summed E-state index contributed by atoms with van der Waals surface area (Å²) in [5.41, 5.74) is 2.35. The van der Waals surface area contributed by atoms with E-state index in [0.717, 1.165) is 55.7 Å². The summed E-state index contributed by atoms with van der Waals surface area (Å²) in [7, 11) is 0. The zero-order valence-corrected chi connectivity index (χ0v) is 24.9. The van der Waals surface area contributed by atoms with Gasteiger partial charge in [0.25, 0.3) is 5.56 Å². The molecule has 2 atom stereocenters. The highest BCUT2D eigenvalue weighted by molar-refractivity contribution is 5.69. The molecule has 1 saturated heterocycles. The number of hydrogen-bond acceptors (Lipinski definition) is 9. The molecular formula is C30H42N8O4. The predicted molar refractivity (Wildman–Crippen MR) is 161 cm³/mol. The molecule has 1 aliphatic carbocycles. The largest absolute Gasteiger partial charge is 0.444 e. The van der Waals surface area contributed by atoms with Crippen molar-refractivity contribution in [1.82, 2.24) is 29.4 Å². The maximum atomic E-state index is 13.3. The quantitative estimate of drug-likeness (QED) is 0.371. The van der Waals surface area contributed by atoms with Gasteiger partial charge in [0.05, 0.1) is 24.5 Å². The van der Waals surface area contributed by atoms with E-state index in [9.17, 15) is 9.59 Å². The van der Waals surface area contributed by atoms with Crippen LogP contribution in [0.3, 0.4) is 0 Å². The Kier molecular flexibility index (Phi) is 8.81. The number of nitrogens with zero attached hydrogens (tertiary/aromatic N) is 7.